The predicted molar refractivity (Wildman–Crippen MR) is 159 cm³/mol. The molecule has 0 aliphatic carbocycles. The zero-order valence-electron chi connectivity index (χ0n) is 22.4. The molecule has 2 amide bonds. The number of hydrogen-bond acceptors (Lipinski definition) is 4. The summed E-state index contributed by atoms with van der Waals surface area (Å²) in [5.41, 5.74) is 1.87. The number of amides is 2. The smallest absolute Gasteiger partial charge is 0.264 e. The lowest BCUT2D eigenvalue weighted by Gasteiger charge is -2.32. The molecule has 7 nitrogen and oxygen atoms in total. The van der Waals surface area contributed by atoms with Crippen LogP contribution in [0.4, 0.5) is 5.69 Å². The molecule has 0 heterocycles. The van der Waals surface area contributed by atoms with Gasteiger partial charge in [0.15, 0.2) is 0 Å². The highest BCUT2D eigenvalue weighted by atomic mass is 79.9. The number of halogens is 2. The molecule has 1 atom stereocenters. The van der Waals surface area contributed by atoms with Crippen LogP contribution in [0.15, 0.2) is 82.2 Å². The van der Waals surface area contributed by atoms with Gasteiger partial charge in [0.2, 0.25) is 11.8 Å². The van der Waals surface area contributed by atoms with Crippen molar-refractivity contribution in [1.82, 2.24) is 10.2 Å². The summed E-state index contributed by atoms with van der Waals surface area (Å²) in [7, 11) is -4.17. The van der Waals surface area contributed by atoms with E-state index >= 15 is 0 Å². The third-order valence-corrected chi connectivity index (χ3v) is 8.75. The lowest BCUT2D eigenvalue weighted by atomic mass is 10.1. The predicted octanol–water partition coefficient (Wildman–Crippen LogP) is 5.80. The maximum absolute atomic E-state index is 13.9. The van der Waals surface area contributed by atoms with Crippen LogP contribution in [0, 0.1) is 12.8 Å². The minimum atomic E-state index is -4.17. The Bertz CT molecular complexity index is 1400. The molecular weight excluding hydrogens is 602 g/mol. The summed E-state index contributed by atoms with van der Waals surface area (Å²) < 4.78 is 29.6. The van der Waals surface area contributed by atoms with Gasteiger partial charge in [-0.15, -0.1) is 0 Å². The number of hydrogen-bond donors (Lipinski definition) is 1. The molecule has 3 rings (SSSR count). The van der Waals surface area contributed by atoms with E-state index in [0.29, 0.717) is 6.54 Å². The first-order valence-electron chi connectivity index (χ1n) is 12.6. The molecule has 0 spiro atoms. The Kier molecular flexibility index (Phi) is 10.6. The molecular formula is C29H33BrClN3O4S. The Labute approximate surface area is 244 Å². The summed E-state index contributed by atoms with van der Waals surface area (Å²) in [5, 5.41) is 3.06. The standard InChI is InChI=1S/C29H33BrClN3O4S/c1-20(2)17-32-29(36)22(4)33(18-23-11-13-24(30)14-12-23)28(35)19-34(27-8-6-5-7-26(27)31)39(37,38)25-15-9-21(3)10-16-25/h5-16,20,22H,17-19H2,1-4H3,(H,32,36)/t22-/m0/s1. The van der Waals surface area contributed by atoms with Crippen molar-refractivity contribution in [2.24, 2.45) is 5.92 Å². The Morgan fingerprint density at radius 1 is 0.949 bits per heavy atom. The SMILES string of the molecule is Cc1ccc(S(=O)(=O)N(CC(=O)N(Cc2ccc(Br)cc2)[C@@H](C)C(=O)NCC(C)C)c2ccccc2Cl)cc1. The lowest BCUT2D eigenvalue weighted by molar-refractivity contribution is -0.139. The minimum Gasteiger partial charge on any atom is -0.354 e. The van der Waals surface area contributed by atoms with Crippen LogP contribution in [-0.4, -0.2) is 44.3 Å². The molecule has 208 valence electrons. The Morgan fingerprint density at radius 2 is 1.56 bits per heavy atom. The van der Waals surface area contributed by atoms with Crippen molar-refractivity contribution in [1.29, 1.82) is 0 Å². The maximum atomic E-state index is 13.9. The quantitative estimate of drug-likeness (QED) is 0.289. The van der Waals surface area contributed by atoms with Crippen molar-refractivity contribution in [3.05, 3.63) is 93.4 Å². The summed E-state index contributed by atoms with van der Waals surface area (Å²) in [4.78, 5) is 28.4. The second-order valence-corrected chi connectivity index (χ2v) is 12.9. The number of para-hydroxylation sites is 1. The number of anilines is 1. The second-order valence-electron chi connectivity index (χ2n) is 9.74. The molecule has 0 unspecified atom stereocenters. The van der Waals surface area contributed by atoms with Gasteiger partial charge < -0.3 is 10.2 Å². The first-order chi connectivity index (χ1) is 18.4. The summed E-state index contributed by atoms with van der Waals surface area (Å²) in [6.45, 7) is 7.48. The van der Waals surface area contributed by atoms with Crippen LogP contribution in [-0.2, 0) is 26.2 Å². The molecule has 0 saturated carbocycles. The van der Waals surface area contributed by atoms with E-state index in [0.717, 1.165) is 19.9 Å². The van der Waals surface area contributed by atoms with Gasteiger partial charge in [-0.3, -0.25) is 13.9 Å². The van der Waals surface area contributed by atoms with Crippen LogP contribution < -0.4 is 9.62 Å². The minimum absolute atomic E-state index is 0.0306. The average molecular weight is 635 g/mol. The molecule has 39 heavy (non-hydrogen) atoms. The molecule has 0 aromatic heterocycles. The topological polar surface area (TPSA) is 86.8 Å². The van der Waals surface area contributed by atoms with E-state index in [1.54, 1.807) is 43.3 Å². The Hall–Kier alpha value is -2.88. The fourth-order valence-electron chi connectivity index (χ4n) is 3.83. The van der Waals surface area contributed by atoms with Crippen LogP contribution in [0.2, 0.25) is 5.02 Å². The van der Waals surface area contributed by atoms with Gasteiger partial charge in [0, 0.05) is 17.6 Å². The van der Waals surface area contributed by atoms with Gasteiger partial charge in [0.05, 0.1) is 15.6 Å². The maximum Gasteiger partial charge on any atom is 0.264 e. The van der Waals surface area contributed by atoms with Gasteiger partial charge in [-0.1, -0.05) is 83.3 Å². The lowest BCUT2D eigenvalue weighted by Crippen LogP contribution is -2.51. The summed E-state index contributed by atoms with van der Waals surface area (Å²) in [5.74, 6) is -0.632. The highest BCUT2D eigenvalue weighted by molar-refractivity contribution is 9.10. The van der Waals surface area contributed by atoms with Crippen LogP contribution in [0.3, 0.4) is 0 Å². The van der Waals surface area contributed by atoms with Crippen LogP contribution >= 0.6 is 27.5 Å². The van der Waals surface area contributed by atoms with Crippen molar-refractivity contribution >= 4 is 55.1 Å². The van der Waals surface area contributed by atoms with Crippen molar-refractivity contribution < 1.29 is 18.0 Å². The molecule has 0 radical (unpaired) electrons. The zero-order chi connectivity index (χ0) is 28.7. The van der Waals surface area contributed by atoms with Gasteiger partial charge in [-0.2, -0.15) is 0 Å². The largest absolute Gasteiger partial charge is 0.354 e. The highest BCUT2D eigenvalue weighted by Crippen LogP contribution is 2.31. The molecule has 10 heteroatoms. The van der Waals surface area contributed by atoms with Crippen molar-refractivity contribution in [2.75, 3.05) is 17.4 Å². The third-order valence-electron chi connectivity index (χ3n) is 6.13. The molecule has 3 aromatic carbocycles. The van der Waals surface area contributed by atoms with Crippen molar-refractivity contribution in [3.8, 4) is 0 Å². The third kappa shape index (κ3) is 8.06. The molecule has 0 aliphatic rings. The molecule has 0 fully saturated rings. The van der Waals surface area contributed by atoms with E-state index in [-0.39, 0.29) is 34.0 Å². The number of benzene rings is 3. The molecule has 1 N–H and O–H groups in total. The number of rotatable bonds is 11. The summed E-state index contributed by atoms with van der Waals surface area (Å²) in [6, 6.07) is 19.4. The van der Waals surface area contributed by atoms with Crippen LogP contribution in [0.5, 0.6) is 0 Å². The number of aryl methyl sites for hydroxylation is 1. The fourth-order valence-corrected chi connectivity index (χ4v) is 5.81. The van der Waals surface area contributed by atoms with E-state index in [4.69, 9.17) is 11.6 Å². The van der Waals surface area contributed by atoms with Gasteiger partial charge in [0.25, 0.3) is 10.0 Å². The number of carbonyl (C=O) groups excluding carboxylic acids is 2. The van der Waals surface area contributed by atoms with Crippen LogP contribution in [0.25, 0.3) is 0 Å². The Balaban J connectivity index is 2.02. The van der Waals surface area contributed by atoms with Gasteiger partial charge in [-0.05, 0) is 61.7 Å². The van der Waals surface area contributed by atoms with Gasteiger partial charge in [-0.25, -0.2) is 8.42 Å². The van der Waals surface area contributed by atoms with E-state index in [2.05, 4.69) is 21.2 Å². The first-order valence-corrected chi connectivity index (χ1v) is 15.2. The fraction of sp³-hybridized carbons (Fsp3) is 0.310. The second kappa shape index (κ2) is 13.5. The first kappa shape index (κ1) is 30.7. The number of nitrogens with zero attached hydrogens (tertiary/aromatic N) is 2. The van der Waals surface area contributed by atoms with E-state index in [1.807, 2.05) is 45.0 Å². The number of carbonyl (C=O) groups is 2. The number of nitrogens with one attached hydrogen (secondary N) is 1. The van der Waals surface area contributed by atoms with Gasteiger partial charge >= 0.3 is 0 Å². The number of sulfonamides is 1. The molecule has 0 aliphatic heterocycles. The van der Waals surface area contributed by atoms with E-state index in [1.165, 1.54) is 17.0 Å². The van der Waals surface area contributed by atoms with Gasteiger partial charge in [0.1, 0.15) is 12.6 Å². The van der Waals surface area contributed by atoms with Crippen molar-refractivity contribution in [3.63, 3.8) is 0 Å². The molecule has 3 aromatic rings. The molecule has 0 saturated heterocycles. The molecule has 0 bridgehead atoms. The highest BCUT2D eigenvalue weighted by Gasteiger charge is 2.33. The Morgan fingerprint density at radius 3 is 2.15 bits per heavy atom. The monoisotopic (exact) mass is 633 g/mol. The summed E-state index contributed by atoms with van der Waals surface area (Å²) in [6.07, 6.45) is 0. The normalized spacial score (nSPS) is 12.2. The van der Waals surface area contributed by atoms with E-state index < -0.39 is 28.5 Å². The van der Waals surface area contributed by atoms with E-state index in [9.17, 15) is 18.0 Å². The zero-order valence-corrected chi connectivity index (χ0v) is 25.6. The average Bonchev–Trinajstić information content (AvgIpc) is 2.90. The summed E-state index contributed by atoms with van der Waals surface area (Å²) >= 11 is 9.84. The van der Waals surface area contributed by atoms with Crippen LogP contribution in [0.1, 0.15) is 31.9 Å². The van der Waals surface area contributed by atoms with Crippen molar-refractivity contribution in [2.45, 2.75) is 45.2 Å².